The fraction of sp³-hybridized carbons (Fsp3) is 0. The summed E-state index contributed by atoms with van der Waals surface area (Å²) in [6, 6.07) is 0. The van der Waals surface area contributed by atoms with Gasteiger partial charge in [0.15, 0.2) is 0 Å². The molecule has 0 fully saturated rings. The summed E-state index contributed by atoms with van der Waals surface area (Å²) in [6.45, 7) is 0. The Bertz CT molecular complexity index is 67.1. The Hall–Kier alpha value is 2.77. The largest absolute Gasteiger partial charge is 1.00 e. The van der Waals surface area contributed by atoms with Crippen LogP contribution in [0, 0.1) is 0 Å². The summed E-state index contributed by atoms with van der Waals surface area (Å²) in [5.74, 6) is 0. The first-order valence-corrected chi connectivity index (χ1v) is 9.13. The maximum Gasteiger partial charge on any atom is 1.00 e. The number of hydrogen-bond donors (Lipinski definition) is 0. The van der Waals surface area contributed by atoms with Gasteiger partial charge < -0.3 is 0 Å². The van der Waals surface area contributed by atoms with Gasteiger partial charge in [0.05, 0.1) is 0 Å². The van der Waals surface area contributed by atoms with Crippen molar-refractivity contribution in [3.8, 4) is 0 Å². The van der Waals surface area contributed by atoms with Gasteiger partial charge in [-0.15, -0.1) is 0 Å². The number of rotatable bonds is 0. The predicted octanol–water partition coefficient (Wildman–Crippen LogP) is 2.00. The predicted molar refractivity (Wildman–Crippen MR) is 42.0 cm³/mol. The van der Waals surface area contributed by atoms with E-state index in [1.807, 2.05) is 0 Å². The second kappa shape index (κ2) is 2.38. The van der Waals surface area contributed by atoms with Gasteiger partial charge in [-0.05, 0) is 0 Å². The van der Waals surface area contributed by atoms with Gasteiger partial charge in [0.2, 0.25) is 0 Å². The standard InChI is InChI=1S/Cl6P.Li/c1-7(2,3,4,5)6;/q-1;+1. The zero-order chi connectivity index (χ0) is 6.41. The van der Waals surface area contributed by atoms with E-state index in [9.17, 15) is 0 Å². The zero-order valence-corrected chi connectivity index (χ0v) is 9.15. The molecule has 8 heavy (non-hydrogen) atoms. The topological polar surface area (TPSA) is 0 Å². The van der Waals surface area contributed by atoms with Gasteiger partial charge in [0, 0.05) is 0 Å². The third-order valence-electron chi connectivity index (χ3n) is 0. The molecule has 0 aliphatic carbocycles. The molecule has 0 rings (SSSR count). The Morgan fingerprint density at radius 2 is 0.625 bits per heavy atom. The maximum absolute atomic E-state index is 5.00. The van der Waals surface area contributed by atoms with Crippen molar-refractivity contribution in [1.82, 2.24) is 0 Å². The molecule has 0 atom stereocenters. The second-order valence-electron chi connectivity index (χ2n) is 0.958. The van der Waals surface area contributed by atoms with Crippen LogP contribution in [0.3, 0.4) is 0 Å². The van der Waals surface area contributed by atoms with Gasteiger partial charge in [-0.1, -0.05) is 0 Å². The van der Waals surface area contributed by atoms with Crippen molar-refractivity contribution < 1.29 is 18.9 Å². The van der Waals surface area contributed by atoms with E-state index >= 15 is 0 Å². The van der Waals surface area contributed by atoms with Crippen molar-refractivity contribution in [2.45, 2.75) is 0 Å². The van der Waals surface area contributed by atoms with E-state index in [1.54, 1.807) is 0 Å². The van der Waals surface area contributed by atoms with Gasteiger partial charge in [-0.3, -0.25) is 0 Å². The van der Waals surface area contributed by atoms with Crippen LogP contribution >= 0.6 is 69.5 Å². The maximum atomic E-state index is 5.00. The zero-order valence-electron chi connectivity index (χ0n) is 3.72. The summed E-state index contributed by atoms with van der Waals surface area (Å²) >= 11 is 30.0. The molecule has 8 heteroatoms. The van der Waals surface area contributed by atoms with Crippen molar-refractivity contribution in [2.24, 2.45) is 0 Å². The van der Waals surface area contributed by atoms with Crippen LogP contribution in [0.15, 0.2) is 0 Å². The van der Waals surface area contributed by atoms with Crippen LogP contribution in [-0.4, -0.2) is 0 Å². The molecule has 0 aliphatic rings. The minimum absolute atomic E-state index is 0. The Balaban J connectivity index is 0. The van der Waals surface area contributed by atoms with Crippen LogP contribution in [0.4, 0.5) is 0 Å². The molecule has 0 aromatic rings. The van der Waals surface area contributed by atoms with Crippen molar-refractivity contribution in [1.29, 1.82) is 0 Å². The summed E-state index contributed by atoms with van der Waals surface area (Å²) in [5, 5.41) is 0. The second-order valence-corrected chi connectivity index (χ2v) is 25.9. The molecule has 0 spiro atoms. The number of halogens is 6. The molecule has 0 N–H and O–H groups in total. The third kappa shape index (κ3) is 69.1. The first-order valence-electron chi connectivity index (χ1n) is 1.01. The van der Waals surface area contributed by atoms with Crippen LogP contribution in [0.2, 0.25) is 0 Å². The molecule has 0 saturated carbocycles. The molecule has 0 bridgehead atoms. The molecular weight excluding hydrogens is 251 g/mol. The average molecular weight is 251 g/mol. The van der Waals surface area contributed by atoms with E-state index in [-0.39, 0.29) is 18.9 Å². The first kappa shape index (κ1) is 13.4. The van der Waals surface area contributed by atoms with Gasteiger partial charge >= 0.3 is 88.4 Å². The average Bonchev–Trinajstić information content (AvgIpc) is 0.592. The van der Waals surface area contributed by atoms with Crippen molar-refractivity contribution in [2.75, 3.05) is 0 Å². The molecule has 0 amide bonds. The van der Waals surface area contributed by atoms with Gasteiger partial charge in [0.1, 0.15) is 0 Å². The molecule has 0 aromatic carbocycles. The third-order valence-corrected chi connectivity index (χ3v) is 0. The minimum atomic E-state index is -4.82. The summed E-state index contributed by atoms with van der Waals surface area (Å²) in [5.41, 5.74) is 0. The molecule has 0 nitrogen and oxygen atoms in total. The summed E-state index contributed by atoms with van der Waals surface area (Å²) in [4.78, 5) is 0. The Labute approximate surface area is 87.5 Å². The molecule has 0 unspecified atom stereocenters. The van der Waals surface area contributed by atoms with Gasteiger partial charge in [0.25, 0.3) is 0 Å². The normalized spacial score (nSPS) is 20.2. The van der Waals surface area contributed by atoms with Crippen LogP contribution in [-0.2, 0) is 0 Å². The van der Waals surface area contributed by atoms with Crippen LogP contribution in [0.25, 0.3) is 0 Å². The fourth-order valence-corrected chi connectivity index (χ4v) is 0. The van der Waals surface area contributed by atoms with E-state index in [2.05, 4.69) is 0 Å². The fourth-order valence-electron chi connectivity index (χ4n) is 0. The Kier molecular flexibility index (Phi) is 3.97. The van der Waals surface area contributed by atoms with E-state index in [1.165, 1.54) is 0 Å². The quantitative estimate of drug-likeness (QED) is 0.456. The molecule has 0 saturated heterocycles. The SMILES string of the molecule is Cl[P-](Cl)(Cl)(Cl)(Cl)Cl.[Li+]. The van der Waals surface area contributed by atoms with Crippen molar-refractivity contribution in [3.63, 3.8) is 0 Å². The van der Waals surface area contributed by atoms with Crippen LogP contribution < -0.4 is 18.9 Å². The molecule has 48 valence electrons. The van der Waals surface area contributed by atoms with E-state index in [0.29, 0.717) is 0 Å². The Morgan fingerprint density at radius 3 is 0.625 bits per heavy atom. The van der Waals surface area contributed by atoms with Crippen LogP contribution in [0.5, 0.6) is 0 Å². The van der Waals surface area contributed by atoms with Crippen LogP contribution in [0.1, 0.15) is 0 Å². The van der Waals surface area contributed by atoms with E-state index in [0.717, 1.165) is 0 Å². The molecule has 0 heterocycles. The summed E-state index contributed by atoms with van der Waals surface area (Å²) < 4.78 is -4.82. The van der Waals surface area contributed by atoms with Gasteiger partial charge in [-0.2, -0.15) is 0 Å². The monoisotopic (exact) mass is 248 g/mol. The molecule has 0 aromatic heterocycles. The van der Waals surface area contributed by atoms with Crippen molar-refractivity contribution in [3.05, 3.63) is 0 Å². The molecule has 0 aliphatic heterocycles. The minimum Gasteiger partial charge on any atom is 1.00 e. The summed E-state index contributed by atoms with van der Waals surface area (Å²) in [7, 11) is 0. The summed E-state index contributed by atoms with van der Waals surface area (Å²) in [6.07, 6.45) is 0. The van der Waals surface area contributed by atoms with Gasteiger partial charge in [-0.25, -0.2) is 0 Å². The van der Waals surface area contributed by atoms with E-state index in [4.69, 9.17) is 67.4 Å². The Morgan fingerprint density at radius 1 is 0.625 bits per heavy atom. The van der Waals surface area contributed by atoms with E-state index < -0.39 is 2.06 Å². The van der Waals surface area contributed by atoms with Crippen molar-refractivity contribution >= 4 is 69.5 Å². The molecule has 0 radical (unpaired) electrons. The molecular formula is Cl6LiP. The first-order chi connectivity index (χ1) is 2.45. The number of hydrogen-bond acceptors (Lipinski definition) is 0. The smallest absolute Gasteiger partial charge is 1.00 e.